The second-order valence-corrected chi connectivity index (χ2v) is 8.37. The third-order valence-corrected chi connectivity index (χ3v) is 6.18. The number of esters is 1. The Morgan fingerprint density at radius 1 is 1.00 bits per heavy atom. The Morgan fingerprint density at radius 2 is 1.72 bits per heavy atom. The number of para-hydroxylation sites is 1. The van der Waals surface area contributed by atoms with Crippen molar-refractivity contribution in [1.29, 1.82) is 0 Å². The summed E-state index contributed by atoms with van der Waals surface area (Å²) in [6.45, 7) is 1.96. The molecule has 1 aliphatic rings. The van der Waals surface area contributed by atoms with Crippen molar-refractivity contribution in [3.8, 4) is 0 Å². The number of aromatic amines is 1. The number of ether oxygens (including phenoxy) is 2. The third kappa shape index (κ3) is 4.56. The molecule has 1 fully saturated rings. The Balaban J connectivity index is 1.47. The molecule has 0 bridgehead atoms. The van der Waals surface area contributed by atoms with E-state index in [4.69, 9.17) is 9.47 Å². The fourth-order valence-corrected chi connectivity index (χ4v) is 4.36. The van der Waals surface area contributed by atoms with Gasteiger partial charge in [0.05, 0.1) is 23.7 Å². The Hall–Kier alpha value is -4.50. The highest BCUT2D eigenvalue weighted by Gasteiger charge is 2.30. The number of carbonyl (C=O) groups is 2. The van der Waals surface area contributed by atoms with Gasteiger partial charge in [-0.15, -0.1) is 0 Å². The SMILES string of the molecule is O=C(OC(C(=O)c1c[nH]c2ccccc12)c1ccccc1)c1ccc(N2CCOCC2)c([N+](=O)[O-])c1. The summed E-state index contributed by atoms with van der Waals surface area (Å²) in [5.41, 5.74) is 1.88. The Morgan fingerprint density at radius 3 is 2.47 bits per heavy atom. The van der Waals surface area contributed by atoms with E-state index in [-0.39, 0.29) is 11.3 Å². The van der Waals surface area contributed by atoms with Crippen LogP contribution in [0, 0.1) is 10.1 Å². The second kappa shape index (κ2) is 10.0. The largest absolute Gasteiger partial charge is 0.445 e. The van der Waals surface area contributed by atoms with Crippen molar-refractivity contribution in [2.45, 2.75) is 6.10 Å². The van der Waals surface area contributed by atoms with Gasteiger partial charge in [0.2, 0.25) is 5.78 Å². The number of morpholine rings is 1. The number of nitro benzene ring substituents is 1. The van der Waals surface area contributed by atoms with E-state index >= 15 is 0 Å². The fraction of sp³-hybridized carbons (Fsp3) is 0.185. The van der Waals surface area contributed by atoms with E-state index in [1.54, 1.807) is 42.6 Å². The molecule has 3 aromatic carbocycles. The molecule has 1 atom stereocenters. The van der Waals surface area contributed by atoms with Crippen molar-refractivity contribution >= 4 is 34.0 Å². The summed E-state index contributed by atoms with van der Waals surface area (Å²) in [6, 6.07) is 20.3. The van der Waals surface area contributed by atoms with Crippen LogP contribution in [0.5, 0.6) is 0 Å². The molecule has 0 amide bonds. The summed E-state index contributed by atoms with van der Waals surface area (Å²) >= 11 is 0. The highest BCUT2D eigenvalue weighted by atomic mass is 16.6. The van der Waals surface area contributed by atoms with Crippen LogP contribution in [0.4, 0.5) is 11.4 Å². The van der Waals surface area contributed by atoms with Crippen molar-refractivity contribution < 1.29 is 24.0 Å². The number of rotatable bonds is 7. The van der Waals surface area contributed by atoms with Gasteiger partial charge < -0.3 is 19.4 Å². The van der Waals surface area contributed by atoms with Gasteiger partial charge in [0, 0.05) is 47.4 Å². The highest BCUT2D eigenvalue weighted by molar-refractivity contribution is 6.11. The summed E-state index contributed by atoms with van der Waals surface area (Å²) in [4.78, 5) is 43.0. The summed E-state index contributed by atoms with van der Waals surface area (Å²) in [5.74, 6) is -1.22. The molecule has 9 nitrogen and oxygen atoms in total. The lowest BCUT2D eigenvalue weighted by Crippen LogP contribution is -2.36. The molecule has 1 aromatic heterocycles. The number of aromatic nitrogens is 1. The number of hydrogen-bond donors (Lipinski definition) is 1. The molecule has 2 heterocycles. The molecule has 0 radical (unpaired) electrons. The van der Waals surface area contributed by atoms with Gasteiger partial charge in [-0.3, -0.25) is 14.9 Å². The van der Waals surface area contributed by atoms with Crippen LogP contribution < -0.4 is 4.90 Å². The molecule has 9 heteroatoms. The van der Waals surface area contributed by atoms with Crippen molar-refractivity contribution in [2.75, 3.05) is 31.2 Å². The number of hydrogen-bond acceptors (Lipinski definition) is 7. The number of H-pyrrole nitrogens is 1. The number of nitro groups is 1. The molecular formula is C27H23N3O6. The normalized spacial score (nSPS) is 14.4. The minimum Gasteiger partial charge on any atom is -0.445 e. The van der Waals surface area contributed by atoms with Gasteiger partial charge in [0.1, 0.15) is 5.69 Å². The first kappa shape index (κ1) is 23.3. The van der Waals surface area contributed by atoms with Crippen molar-refractivity contribution in [1.82, 2.24) is 4.98 Å². The fourth-order valence-electron chi connectivity index (χ4n) is 4.36. The van der Waals surface area contributed by atoms with Crippen LogP contribution in [0.15, 0.2) is 79.0 Å². The molecule has 1 unspecified atom stereocenters. The summed E-state index contributed by atoms with van der Waals surface area (Å²) in [6.07, 6.45) is 0.370. The maximum Gasteiger partial charge on any atom is 0.339 e. The van der Waals surface area contributed by atoms with Gasteiger partial charge in [-0.2, -0.15) is 0 Å². The summed E-state index contributed by atoms with van der Waals surface area (Å²) in [7, 11) is 0. The zero-order valence-electron chi connectivity index (χ0n) is 19.3. The van der Waals surface area contributed by atoms with Gasteiger partial charge in [-0.25, -0.2) is 4.79 Å². The third-order valence-electron chi connectivity index (χ3n) is 6.18. The molecule has 1 aliphatic heterocycles. The van der Waals surface area contributed by atoms with Crippen molar-refractivity contribution in [3.05, 3.63) is 106 Å². The number of Topliss-reactive ketones (excluding diaryl/α,β-unsaturated/α-hetero) is 1. The van der Waals surface area contributed by atoms with Crippen LogP contribution in [0.1, 0.15) is 32.4 Å². The summed E-state index contributed by atoms with van der Waals surface area (Å²) in [5, 5.41) is 12.5. The van der Waals surface area contributed by atoms with E-state index < -0.39 is 22.8 Å². The first-order valence-electron chi connectivity index (χ1n) is 11.5. The van der Waals surface area contributed by atoms with Gasteiger partial charge in [0.15, 0.2) is 6.10 Å². The lowest BCUT2D eigenvalue weighted by atomic mass is 9.99. The van der Waals surface area contributed by atoms with E-state index in [0.717, 1.165) is 5.52 Å². The first-order valence-corrected chi connectivity index (χ1v) is 11.5. The lowest BCUT2D eigenvalue weighted by Gasteiger charge is -2.28. The number of nitrogens with one attached hydrogen (secondary N) is 1. The second-order valence-electron chi connectivity index (χ2n) is 8.37. The van der Waals surface area contributed by atoms with Crippen molar-refractivity contribution in [2.24, 2.45) is 0 Å². The highest BCUT2D eigenvalue weighted by Crippen LogP contribution is 2.32. The molecule has 182 valence electrons. The average molecular weight is 485 g/mol. The molecule has 1 N–H and O–H groups in total. The van der Waals surface area contributed by atoms with Gasteiger partial charge in [-0.05, 0) is 18.2 Å². The first-order chi connectivity index (χ1) is 17.5. The topological polar surface area (TPSA) is 115 Å². The molecule has 1 saturated heterocycles. The molecule has 4 aromatic rings. The predicted octanol–water partition coefficient (Wildman–Crippen LogP) is 4.69. The molecule has 36 heavy (non-hydrogen) atoms. The van der Waals surface area contributed by atoms with E-state index in [9.17, 15) is 19.7 Å². The van der Waals surface area contributed by atoms with Crippen molar-refractivity contribution in [3.63, 3.8) is 0 Å². The summed E-state index contributed by atoms with van der Waals surface area (Å²) < 4.78 is 11.0. The minimum absolute atomic E-state index is 0.00799. The van der Waals surface area contributed by atoms with Crippen LogP contribution in [0.2, 0.25) is 0 Å². The molecule has 5 rings (SSSR count). The Bertz CT molecular complexity index is 1430. The molecular weight excluding hydrogens is 462 g/mol. The van der Waals surface area contributed by atoms with Crippen LogP contribution in [0.25, 0.3) is 10.9 Å². The maximum absolute atomic E-state index is 13.6. The number of nitrogens with zero attached hydrogens (tertiary/aromatic N) is 2. The van der Waals surface area contributed by atoms with E-state index in [1.165, 1.54) is 12.1 Å². The van der Waals surface area contributed by atoms with E-state index in [0.29, 0.717) is 48.5 Å². The maximum atomic E-state index is 13.6. The number of anilines is 1. The van der Waals surface area contributed by atoms with Gasteiger partial charge in [0.25, 0.3) is 5.69 Å². The average Bonchev–Trinajstić information content (AvgIpc) is 3.36. The molecule has 0 spiro atoms. The standard InChI is InChI=1S/C27H23N3O6/c31-25(21-17-28-22-9-5-4-8-20(21)22)26(18-6-2-1-3-7-18)36-27(32)19-10-11-23(24(16-19)30(33)34)29-12-14-35-15-13-29/h1-11,16-17,26,28H,12-15H2. The van der Waals surface area contributed by atoms with Crippen LogP contribution in [-0.2, 0) is 9.47 Å². The molecule has 0 saturated carbocycles. The smallest absolute Gasteiger partial charge is 0.339 e. The molecule has 0 aliphatic carbocycles. The van der Waals surface area contributed by atoms with Gasteiger partial charge >= 0.3 is 5.97 Å². The number of fused-ring (bicyclic) bond motifs is 1. The number of ketones is 1. The Labute approximate surface area is 206 Å². The lowest BCUT2D eigenvalue weighted by molar-refractivity contribution is -0.384. The van der Waals surface area contributed by atoms with Crippen LogP contribution >= 0.6 is 0 Å². The minimum atomic E-state index is -1.23. The number of carbonyl (C=O) groups excluding carboxylic acids is 2. The zero-order valence-corrected chi connectivity index (χ0v) is 19.3. The van der Waals surface area contributed by atoms with Crippen LogP contribution in [0.3, 0.4) is 0 Å². The van der Waals surface area contributed by atoms with E-state index in [2.05, 4.69) is 4.98 Å². The monoisotopic (exact) mass is 485 g/mol. The van der Waals surface area contributed by atoms with Gasteiger partial charge in [-0.1, -0.05) is 48.5 Å². The zero-order chi connectivity index (χ0) is 25.1. The predicted molar refractivity (Wildman–Crippen MR) is 133 cm³/mol. The van der Waals surface area contributed by atoms with Crippen LogP contribution in [-0.4, -0.2) is 48.0 Å². The van der Waals surface area contributed by atoms with E-state index in [1.807, 2.05) is 29.2 Å². The quantitative estimate of drug-likeness (QED) is 0.175. The number of benzene rings is 3. The Kier molecular flexibility index (Phi) is 6.46.